The third-order valence-electron chi connectivity index (χ3n) is 2.78. The zero-order chi connectivity index (χ0) is 12.1. The lowest BCUT2D eigenvalue weighted by Crippen LogP contribution is -2.47. The van der Waals surface area contributed by atoms with Crippen molar-refractivity contribution in [3.05, 3.63) is 16.6 Å². The van der Waals surface area contributed by atoms with Gasteiger partial charge in [-0.15, -0.1) is 11.3 Å². The number of rotatable bonds is 4. The summed E-state index contributed by atoms with van der Waals surface area (Å²) in [6, 6.07) is 0.00501. The molecular weight excluding hydrogens is 236 g/mol. The molecule has 0 spiro atoms. The summed E-state index contributed by atoms with van der Waals surface area (Å²) in [5, 5.41) is 9.13. The molecule has 94 valence electrons. The highest BCUT2D eigenvalue weighted by Crippen LogP contribution is 2.14. The Labute approximate surface area is 105 Å². The molecule has 1 amide bonds. The maximum atomic E-state index is 11.8. The predicted molar refractivity (Wildman–Crippen MR) is 68.0 cm³/mol. The van der Waals surface area contributed by atoms with Gasteiger partial charge in [0.2, 0.25) is 5.91 Å². The van der Waals surface area contributed by atoms with Gasteiger partial charge in [-0.05, 0) is 6.92 Å². The molecular formula is C11H18N4OS. The van der Waals surface area contributed by atoms with Gasteiger partial charge in [0.1, 0.15) is 5.01 Å². The first-order valence-corrected chi connectivity index (χ1v) is 6.75. The number of carbonyl (C=O) groups is 1. The summed E-state index contributed by atoms with van der Waals surface area (Å²) < 4.78 is 0. The van der Waals surface area contributed by atoms with Crippen LogP contribution in [0.2, 0.25) is 0 Å². The zero-order valence-electron chi connectivity index (χ0n) is 9.98. The Kier molecular flexibility index (Phi) is 4.47. The van der Waals surface area contributed by atoms with Crippen molar-refractivity contribution in [2.45, 2.75) is 13.0 Å². The van der Waals surface area contributed by atoms with Gasteiger partial charge in [-0.25, -0.2) is 4.98 Å². The fraction of sp³-hybridized carbons (Fsp3) is 0.636. The van der Waals surface area contributed by atoms with Gasteiger partial charge in [0, 0.05) is 37.8 Å². The number of nitrogens with zero attached hydrogens (tertiary/aromatic N) is 2. The van der Waals surface area contributed by atoms with Gasteiger partial charge in [-0.3, -0.25) is 9.69 Å². The van der Waals surface area contributed by atoms with Crippen LogP contribution < -0.4 is 10.6 Å². The van der Waals surface area contributed by atoms with E-state index in [1.165, 1.54) is 0 Å². The van der Waals surface area contributed by atoms with E-state index in [0.717, 1.165) is 31.2 Å². The molecule has 17 heavy (non-hydrogen) atoms. The van der Waals surface area contributed by atoms with Crippen molar-refractivity contribution < 1.29 is 4.79 Å². The lowest BCUT2D eigenvalue weighted by atomic mass is 10.3. The molecule has 1 aromatic rings. The molecule has 0 aromatic carbocycles. The molecule has 0 aliphatic carbocycles. The van der Waals surface area contributed by atoms with Crippen molar-refractivity contribution in [3.8, 4) is 0 Å². The summed E-state index contributed by atoms with van der Waals surface area (Å²) >= 11 is 1.57. The average Bonchev–Trinajstić information content (AvgIpc) is 2.83. The second kappa shape index (κ2) is 6.09. The number of hydrogen-bond donors (Lipinski definition) is 2. The Morgan fingerprint density at radius 1 is 1.65 bits per heavy atom. The van der Waals surface area contributed by atoms with E-state index in [9.17, 15) is 4.79 Å². The maximum Gasteiger partial charge on any atom is 0.234 e. The van der Waals surface area contributed by atoms with Crippen molar-refractivity contribution in [2.24, 2.45) is 0 Å². The van der Waals surface area contributed by atoms with Crippen LogP contribution in [0.1, 0.15) is 18.0 Å². The monoisotopic (exact) mass is 254 g/mol. The first kappa shape index (κ1) is 12.5. The Morgan fingerprint density at radius 2 is 2.41 bits per heavy atom. The van der Waals surface area contributed by atoms with Crippen molar-refractivity contribution in [1.82, 2.24) is 20.5 Å². The van der Waals surface area contributed by atoms with Gasteiger partial charge in [-0.2, -0.15) is 0 Å². The number of carbonyl (C=O) groups excluding carboxylic acids is 1. The second-order valence-electron chi connectivity index (χ2n) is 4.19. The SMILES string of the molecule is CC(NC(=O)CN1CCNCC1)c1nccs1. The number of nitrogens with one attached hydrogen (secondary N) is 2. The molecule has 1 aromatic heterocycles. The van der Waals surface area contributed by atoms with Crippen LogP contribution in [0.5, 0.6) is 0 Å². The summed E-state index contributed by atoms with van der Waals surface area (Å²) in [4.78, 5) is 18.2. The minimum atomic E-state index is 0.00501. The summed E-state index contributed by atoms with van der Waals surface area (Å²) in [7, 11) is 0. The molecule has 6 heteroatoms. The molecule has 2 rings (SSSR count). The topological polar surface area (TPSA) is 57.3 Å². The molecule has 1 aliphatic rings. The van der Waals surface area contributed by atoms with Gasteiger partial charge < -0.3 is 10.6 Å². The third-order valence-corrected chi connectivity index (χ3v) is 3.73. The third kappa shape index (κ3) is 3.76. The van der Waals surface area contributed by atoms with Crippen LogP contribution in [0, 0.1) is 0 Å². The molecule has 2 heterocycles. The summed E-state index contributed by atoms with van der Waals surface area (Å²) in [5.41, 5.74) is 0. The normalized spacial score (nSPS) is 18.9. The number of piperazine rings is 1. The number of amides is 1. The van der Waals surface area contributed by atoms with Crippen molar-refractivity contribution in [3.63, 3.8) is 0 Å². The van der Waals surface area contributed by atoms with E-state index in [2.05, 4.69) is 20.5 Å². The molecule has 1 fully saturated rings. The Balaban J connectivity index is 1.76. The summed E-state index contributed by atoms with van der Waals surface area (Å²) in [5.74, 6) is 0.0783. The van der Waals surface area contributed by atoms with Gasteiger partial charge in [-0.1, -0.05) is 0 Å². The molecule has 2 N–H and O–H groups in total. The minimum absolute atomic E-state index is 0.00501. The van der Waals surface area contributed by atoms with Crippen LogP contribution in [-0.4, -0.2) is 48.5 Å². The van der Waals surface area contributed by atoms with E-state index in [1.807, 2.05) is 12.3 Å². The maximum absolute atomic E-state index is 11.8. The predicted octanol–water partition coefficient (Wildman–Crippen LogP) is 0.225. The van der Waals surface area contributed by atoms with E-state index in [0.29, 0.717) is 6.54 Å². The van der Waals surface area contributed by atoms with Gasteiger partial charge >= 0.3 is 0 Å². The lowest BCUT2D eigenvalue weighted by Gasteiger charge is -2.26. The Morgan fingerprint density at radius 3 is 3.06 bits per heavy atom. The number of hydrogen-bond acceptors (Lipinski definition) is 5. The lowest BCUT2D eigenvalue weighted by molar-refractivity contribution is -0.123. The summed E-state index contributed by atoms with van der Waals surface area (Å²) in [6.45, 7) is 6.27. The number of thiazole rings is 1. The average molecular weight is 254 g/mol. The Hall–Kier alpha value is -0.980. The van der Waals surface area contributed by atoms with Gasteiger partial charge in [0.25, 0.3) is 0 Å². The molecule has 1 saturated heterocycles. The van der Waals surface area contributed by atoms with Crippen LogP contribution in [-0.2, 0) is 4.79 Å². The standard InChI is InChI=1S/C11H18N4OS/c1-9(11-13-4-7-17-11)14-10(16)8-15-5-2-12-3-6-15/h4,7,9,12H,2-3,5-6,8H2,1H3,(H,14,16). The highest BCUT2D eigenvalue weighted by Gasteiger charge is 2.16. The molecule has 0 bridgehead atoms. The molecule has 5 nitrogen and oxygen atoms in total. The smallest absolute Gasteiger partial charge is 0.234 e. The van der Waals surface area contributed by atoms with Crippen LogP contribution in [0.15, 0.2) is 11.6 Å². The van der Waals surface area contributed by atoms with Crippen molar-refractivity contribution in [2.75, 3.05) is 32.7 Å². The first-order chi connectivity index (χ1) is 8.25. The van der Waals surface area contributed by atoms with Crippen LogP contribution in [0.4, 0.5) is 0 Å². The largest absolute Gasteiger partial charge is 0.346 e. The fourth-order valence-electron chi connectivity index (χ4n) is 1.87. The highest BCUT2D eigenvalue weighted by atomic mass is 32.1. The van der Waals surface area contributed by atoms with Crippen molar-refractivity contribution >= 4 is 17.2 Å². The van der Waals surface area contributed by atoms with E-state index in [4.69, 9.17) is 0 Å². The fourth-order valence-corrected chi connectivity index (χ4v) is 2.52. The van der Waals surface area contributed by atoms with Crippen LogP contribution >= 0.6 is 11.3 Å². The molecule has 1 unspecified atom stereocenters. The van der Waals surface area contributed by atoms with Crippen LogP contribution in [0.25, 0.3) is 0 Å². The molecule has 0 saturated carbocycles. The van der Waals surface area contributed by atoms with E-state index >= 15 is 0 Å². The first-order valence-electron chi connectivity index (χ1n) is 5.87. The highest BCUT2D eigenvalue weighted by molar-refractivity contribution is 7.09. The van der Waals surface area contributed by atoms with Crippen LogP contribution in [0.3, 0.4) is 0 Å². The molecule has 0 radical (unpaired) electrons. The summed E-state index contributed by atoms with van der Waals surface area (Å²) in [6.07, 6.45) is 1.76. The van der Waals surface area contributed by atoms with Gasteiger partial charge in [0.05, 0.1) is 12.6 Å². The van der Waals surface area contributed by atoms with Crippen molar-refractivity contribution in [1.29, 1.82) is 0 Å². The zero-order valence-corrected chi connectivity index (χ0v) is 10.8. The number of aromatic nitrogens is 1. The second-order valence-corrected chi connectivity index (χ2v) is 5.11. The molecule has 1 aliphatic heterocycles. The minimum Gasteiger partial charge on any atom is -0.346 e. The van der Waals surface area contributed by atoms with E-state index in [1.54, 1.807) is 17.5 Å². The Bertz CT molecular complexity index is 348. The van der Waals surface area contributed by atoms with E-state index < -0.39 is 0 Å². The quantitative estimate of drug-likeness (QED) is 0.807. The molecule has 1 atom stereocenters. The van der Waals surface area contributed by atoms with E-state index in [-0.39, 0.29) is 11.9 Å². The van der Waals surface area contributed by atoms with Gasteiger partial charge in [0.15, 0.2) is 0 Å².